The number of rotatable bonds is 3. The Morgan fingerprint density at radius 3 is 2.26 bits per heavy atom. The summed E-state index contributed by atoms with van der Waals surface area (Å²) in [7, 11) is 1.47. The van der Waals surface area contributed by atoms with Gasteiger partial charge in [-0.15, -0.1) is 0 Å². The van der Waals surface area contributed by atoms with Crippen molar-refractivity contribution in [3.63, 3.8) is 0 Å². The molecule has 2 aromatic rings. The van der Waals surface area contributed by atoms with E-state index in [1.54, 1.807) is 55.5 Å². The van der Waals surface area contributed by atoms with Crippen LogP contribution in [0.15, 0.2) is 53.0 Å². The average Bonchev–Trinajstić information content (AvgIpc) is 2.96. The summed E-state index contributed by atoms with van der Waals surface area (Å²) >= 11 is 3.40. The van der Waals surface area contributed by atoms with Crippen LogP contribution in [0.3, 0.4) is 0 Å². The fourth-order valence-corrected chi connectivity index (χ4v) is 4.98. The number of hydrogen-bond donors (Lipinski definition) is 1. The Bertz CT molecular complexity index is 1180. The smallest absolute Gasteiger partial charge is 0.244 e. The van der Waals surface area contributed by atoms with E-state index in [2.05, 4.69) is 22.0 Å². The zero-order valence-corrected chi connectivity index (χ0v) is 18.3. The van der Waals surface area contributed by atoms with Gasteiger partial charge in [-0.2, -0.15) is 15.8 Å². The highest BCUT2D eigenvalue weighted by Crippen LogP contribution is 2.69. The summed E-state index contributed by atoms with van der Waals surface area (Å²) < 4.78 is 18.7. The van der Waals surface area contributed by atoms with Crippen LogP contribution in [0.1, 0.15) is 24.2 Å². The van der Waals surface area contributed by atoms with Crippen LogP contribution in [-0.4, -0.2) is 13.0 Å². The molecule has 2 heterocycles. The van der Waals surface area contributed by atoms with Crippen molar-refractivity contribution in [2.75, 3.05) is 7.11 Å². The van der Waals surface area contributed by atoms with E-state index >= 15 is 0 Å². The van der Waals surface area contributed by atoms with Crippen LogP contribution in [0.25, 0.3) is 0 Å². The number of nitriles is 3. The number of fused-ring (bicyclic) bond motifs is 2. The van der Waals surface area contributed by atoms with E-state index in [1.807, 2.05) is 12.1 Å². The Morgan fingerprint density at radius 2 is 1.68 bits per heavy atom. The van der Waals surface area contributed by atoms with E-state index in [1.165, 1.54) is 7.11 Å². The van der Waals surface area contributed by atoms with E-state index in [-0.39, 0.29) is 0 Å². The zero-order valence-electron chi connectivity index (χ0n) is 16.7. The summed E-state index contributed by atoms with van der Waals surface area (Å²) in [5, 5.41) is 39.5. The van der Waals surface area contributed by atoms with Crippen molar-refractivity contribution in [2.24, 2.45) is 16.7 Å². The molecular weight excluding hydrogens is 460 g/mol. The lowest BCUT2D eigenvalue weighted by atomic mass is 9.53. The van der Waals surface area contributed by atoms with E-state index in [0.717, 1.165) is 4.47 Å². The standard InChI is InChI=1S/C23H17BrN4O3/c1-14-22(13-27)20(28)31-23(14,15-7-9-16(24)10-8-15)30-19(21(22,11-25)12-26)17-5-3-4-6-18(17)29-2/h3-10,14,19,28H,1-2H3. The molecule has 0 radical (unpaired) electrons. The van der Waals surface area contributed by atoms with Gasteiger partial charge >= 0.3 is 0 Å². The number of hydrogen-bond acceptors (Lipinski definition) is 7. The molecule has 2 saturated heterocycles. The maximum absolute atomic E-state index is 10.3. The molecule has 0 aliphatic carbocycles. The quantitative estimate of drug-likeness (QED) is 0.691. The molecule has 154 valence electrons. The minimum absolute atomic E-state index is 0.405. The summed E-state index contributed by atoms with van der Waals surface area (Å²) in [6, 6.07) is 20.2. The predicted molar refractivity (Wildman–Crippen MR) is 112 cm³/mol. The molecule has 0 aromatic heterocycles. The minimum atomic E-state index is -2.04. The van der Waals surface area contributed by atoms with Crippen LogP contribution in [0.4, 0.5) is 0 Å². The number of nitrogens with zero attached hydrogens (tertiary/aromatic N) is 3. The monoisotopic (exact) mass is 476 g/mol. The lowest BCUT2D eigenvalue weighted by molar-refractivity contribution is -0.288. The molecule has 8 heteroatoms. The van der Waals surface area contributed by atoms with Crippen LogP contribution < -0.4 is 4.74 Å². The number of para-hydroxylation sites is 1. The first kappa shape index (κ1) is 20.9. The average molecular weight is 477 g/mol. The van der Waals surface area contributed by atoms with Gasteiger partial charge in [-0.25, -0.2) is 0 Å². The van der Waals surface area contributed by atoms with Crippen molar-refractivity contribution in [3.05, 3.63) is 64.1 Å². The van der Waals surface area contributed by atoms with Crippen molar-refractivity contribution in [1.29, 1.82) is 21.2 Å². The number of benzene rings is 2. The van der Waals surface area contributed by atoms with Crippen LogP contribution >= 0.6 is 15.9 Å². The van der Waals surface area contributed by atoms with Gasteiger partial charge in [-0.05, 0) is 18.2 Å². The Hall–Kier alpha value is -3.38. The summed E-state index contributed by atoms with van der Waals surface area (Å²) in [5.41, 5.74) is -2.89. The first-order valence-corrected chi connectivity index (χ1v) is 10.2. The van der Waals surface area contributed by atoms with Gasteiger partial charge in [0.2, 0.25) is 17.1 Å². The summed E-state index contributed by atoms with van der Waals surface area (Å²) in [5.74, 6) is -2.40. The predicted octanol–water partition coefficient (Wildman–Crippen LogP) is 4.57. The second kappa shape index (κ2) is 7.10. The van der Waals surface area contributed by atoms with Gasteiger partial charge in [-0.1, -0.05) is 53.2 Å². The highest BCUT2D eigenvalue weighted by atomic mass is 79.9. The summed E-state index contributed by atoms with van der Waals surface area (Å²) in [4.78, 5) is 0. The summed E-state index contributed by atoms with van der Waals surface area (Å²) in [6.45, 7) is 1.68. The molecule has 0 spiro atoms. The summed E-state index contributed by atoms with van der Waals surface area (Å²) in [6.07, 6.45) is -1.21. The van der Waals surface area contributed by atoms with Gasteiger partial charge in [-0.3, -0.25) is 5.41 Å². The number of methoxy groups -OCH3 is 1. The van der Waals surface area contributed by atoms with Gasteiger partial charge in [0.15, 0.2) is 5.41 Å². The molecule has 4 atom stereocenters. The van der Waals surface area contributed by atoms with Gasteiger partial charge in [0, 0.05) is 15.6 Å². The third-order valence-corrected chi connectivity index (χ3v) is 6.87. The third kappa shape index (κ3) is 2.42. The Balaban J connectivity index is 2.06. The lowest BCUT2D eigenvalue weighted by Gasteiger charge is -2.48. The zero-order chi connectivity index (χ0) is 22.4. The highest BCUT2D eigenvalue weighted by molar-refractivity contribution is 9.10. The topological polar surface area (TPSA) is 123 Å². The molecule has 0 amide bonds. The molecule has 4 unspecified atom stereocenters. The lowest BCUT2D eigenvalue weighted by Crippen LogP contribution is -2.57. The van der Waals surface area contributed by atoms with Gasteiger partial charge in [0.1, 0.15) is 11.9 Å². The number of ether oxygens (including phenoxy) is 3. The molecule has 0 saturated carbocycles. The van der Waals surface area contributed by atoms with Gasteiger partial charge < -0.3 is 14.2 Å². The fourth-order valence-electron chi connectivity index (χ4n) is 4.71. The molecule has 2 aliphatic rings. The molecule has 2 aromatic carbocycles. The molecule has 2 fully saturated rings. The van der Waals surface area contributed by atoms with Gasteiger partial charge in [0.25, 0.3) is 0 Å². The molecule has 7 nitrogen and oxygen atoms in total. The first-order valence-electron chi connectivity index (χ1n) is 9.45. The maximum Gasteiger partial charge on any atom is 0.244 e. The number of nitrogens with one attached hydrogen (secondary N) is 1. The molecule has 31 heavy (non-hydrogen) atoms. The third-order valence-electron chi connectivity index (χ3n) is 6.34. The molecular formula is C23H17BrN4O3. The normalized spacial score (nSPS) is 30.4. The second-order valence-corrected chi connectivity index (χ2v) is 8.43. The van der Waals surface area contributed by atoms with Crippen molar-refractivity contribution < 1.29 is 14.2 Å². The van der Waals surface area contributed by atoms with Crippen LogP contribution in [0.5, 0.6) is 5.75 Å². The van der Waals surface area contributed by atoms with Crippen molar-refractivity contribution in [1.82, 2.24) is 0 Å². The van der Waals surface area contributed by atoms with E-state index in [9.17, 15) is 15.8 Å². The van der Waals surface area contributed by atoms with Crippen LogP contribution in [-0.2, 0) is 15.3 Å². The van der Waals surface area contributed by atoms with Crippen LogP contribution in [0, 0.1) is 56.2 Å². The molecule has 4 rings (SSSR count). The van der Waals surface area contributed by atoms with E-state index in [0.29, 0.717) is 16.9 Å². The largest absolute Gasteiger partial charge is 0.496 e. The highest BCUT2D eigenvalue weighted by Gasteiger charge is 2.80. The second-order valence-electron chi connectivity index (χ2n) is 7.52. The Kier molecular flexibility index (Phi) is 4.78. The van der Waals surface area contributed by atoms with Gasteiger partial charge in [0.05, 0.1) is 31.2 Å². The van der Waals surface area contributed by atoms with Crippen LogP contribution in [0.2, 0.25) is 0 Å². The maximum atomic E-state index is 10.3. The van der Waals surface area contributed by atoms with Crippen molar-refractivity contribution >= 4 is 21.8 Å². The number of halogens is 1. The van der Waals surface area contributed by atoms with E-state index in [4.69, 9.17) is 19.6 Å². The Labute approximate surface area is 188 Å². The molecule has 2 aliphatic heterocycles. The fraction of sp³-hybridized carbons (Fsp3) is 0.304. The SMILES string of the molecule is COc1ccccc1C1OC2(c3ccc(Br)cc3)OC(=N)C(C#N)(C2C)C1(C#N)C#N. The van der Waals surface area contributed by atoms with E-state index < -0.39 is 34.5 Å². The Morgan fingerprint density at radius 1 is 1.03 bits per heavy atom. The molecule has 1 N–H and O–H groups in total. The molecule has 2 bridgehead atoms. The van der Waals surface area contributed by atoms with Crippen molar-refractivity contribution in [2.45, 2.75) is 18.8 Å². The first-order chi connectivity index (χ1) is 14.9. The minimum Gasteiger partial charge on any atom is -0.496 e. The van der Waals surface area contributed by atoms with Crippen molar-refractivity contribution in [3.8, 4) is 24.0 Å².